The number of nitrogens with two attached hydrogens (primary N) is 1. The van der Waals surface area contributed by atoms with Crippen molar-refractivity contribution >= 4 is 17.7 Å². The summed E-state index contributed by atoms with van der Waals surface area (Å²) >= 11 is 6.64. The van der Waals surface area contributed by atoms with Gasteiger partial charge in [0.25, 0.3) is 0 Å². The zero-order chi connectivity index (χ0) is 21.7. The van der Waals surface area contributed by atoms with E-state index in [1.165, 1.54) is 4.90 Å². The molecule has 1 aliphatic heterocycles. The quantitative estimate of drug-likeness (QED) is 0.617. The molecule has 2 aromatic rings. The molecular formula is C23H29ClN2O4. The molecule has 1 aliphatic rings. The van der Waals surface area contributed by atoms with Crippen LogP contribution in [-0.2, 0) is 16.8 Å². The van der Waals surface area contributed by atoms with Gasteiger partial charge in [0.05, 0.1) is 13.2 Å². The van der Waals surface area contributed by atoms with Crippen LogP contribution in [0, 0.1) is 0 Å². The number of morpholine rings is 1. The summed E-state index contributed by atoms with van der Waals surface area (Å²) in [5.41, 5.74) is 7.76. The van der Waals surface area contributed by atoms with Crippen molar-refractivity contribution in [2.24, 2.45) is 5.73 Å². The van der Waals surface area contributed by atoms with Crippen molar-refractivity contribution < 1.29 is 19.7 Å². The molecule has 1 amide bonds. The van der Waals surface area contributed by atoms with Gasteiger partial charge in [0.1, 0.15) is 11.7 Å². The molecule has 0 aromatic heterocycles. The zero-order valence-electron chi connectivity index (χ0n) is 17.2. The van der Waals surface area contributed by atoms with E-state index in [1.54, 1.807) is 12.1 Å². The van der Waals surface area contributed by atoms with Gasteiger partial charge in [-0.15, -0.1) is 0 Å². The van der Waals surface area contributed by atoms with Crippen LogP contribution in [0.15, 0.2) is 42.5 Å². The summed E-state index contributed by atoms with van der Waals surface area (Å²) in [6.07, 6.45) is 0.0314. The van der Waals surface area contributed by atoms with Crippen molar-refractivity contribution in [1.29, 1.82) is 0 Å². The van der Waals surface area contributed by atoms with Gasteiger partial charge in [-0.2, -0.15) is 0 Å². The molecular weight excluding hydrogens is 404 g/mol. The van der Waals surface area contributed by atoms with E-state index in [4.69, 9.17) is 22.1 Å². The molecule has 162 valence electrons. The first-order valence-electron chi connectivity index (χ1n) is 10.3. The SMILES string of the molecule is CCc1cccc(-c2c(Cl)cccc2[C@@](O)(CCCN)C2CN(C(=O)O)CCO2)c1. The van der Waals surface area contributed by atoms with Crippen LogP contribution < -0.4 is 5.73 Å². The van der Waals surface area contributed by atoms with E-state index < -0.39 is 17.8 Å². The third-order valence-corrected chi connectivity index (χ3v) is 6.05. The first-order valence-corrected chi connectivity index (χ1v) is 10.7. The lowest BCUT2D eigenvalue weighted by Crippen LogP contribution is -2.54. The molecule has 1 unspecified atom stereocenters. The molecule has 2 atom stereocenters. The average molecular weight is 433 g/mol. The van der Waals surface area contributed by atoms with E-state index in [9.17, 15) is 15.0 Å². The summed E-state index contributed by atoms with van der Waals surface area (Å²) in [6, 6.07) is 13.5. The number of amides is 1. The van der Waals surface area contributed by atoms with Crippen LogP contribution in [0.2, 0.25) is 5.02 Å². The van der Waals surface area contributed by atoms with Gasteiger partial charge in [0.2, 0.25) is 0 Å². The molecule has 6 nitrogen and oxygen atoms in total. The van der Waals surface area contributed by atoms with Crippen molar-refractivity contribution in [2.75, 3.05) is 26.2 Å². The lowest BCUT2D eigenvalue weighted by molar-refractivity contribution is -0.147. The van der Waals surface area contributed by atoms with E-state index >= 15 is 0 Å². The van der Waals surface area contributed by atoms with Crippen LogP contribution in [0.5, 0.6) is 0 Å². The number of aliphatic hydroxyl groups is 1. The lowest BCUT2D eigenvalue weighted by Gasteiger charge is -2.42. The van der Waals surface area contributed by atoms with E-state index in [1.807, 2.05) is 18.2 Å². The van der Waals surface area contributed by atoms with Gasteiger partial charge >= 0.3 is 6.09 Å². The second-order valence-electron chi connectivity index (χ2n) is 7.62. The summed E-state index contributed by atoms with van der Waals surface area (Å²) < 4.78 is 5.91. The molecule has 0 radical (unpaired) electrons. The number of hydrogen-bond donors (Lipinski definition) is 3. The van der Waals surface area contributed by atoms with E-state index in [0.717, 1.165) is 23.1 Å². The smallest absolute Gasteiger partial charge is 0.407 e. The van der Waals surface area contributed by atoms with Gasteiger partial charge in [-0.3, -0.25) is 0 Å². The van der Waals surface area contributed by atoms with Crippen LogP contribution in [0.4, 0.5) is 4.79 Å². The zero-order valence-corrected chi connectivity index (χ0v) is 17.9. The Morgan fingerprint density at radius 3 is 2.80 bits per heavy atom. The molecule has 3 rings (SSSR count). The van der Waals surface area contributed by atoms with E-state index in [2.05, 4.69) is 19.1 Å². The number of carboxylic acid groups (broad SMARTS) is 1. The van der Waals surface area contributed by atoms with Crippen molar-refractivity contribution in [2.45, 2.75) is 37.9 Å². The van der Waals surface area contributed by atoms with Crippen LogP contribution in [0.25, 0.3) is 11.1 Å². The molecule has 0 saturated carbocycles. The van der Waals surface area contributed by atoms with Gasteiger partial charge < -0.3 is 25.6 Å². The Morgan fingerprint density at radius 2 is 2.10 bits per heavy atom. The largest absolute Gasteiger partial charge is 0.465 e. The summed E-state index contributed by atoms with van der Waals surface area (Å²) in [4.78, 5) is 12.8. The number of nitrogens with zero attached hydrogens (tertiary/aromatic N) is 1. The molecule has 1 saturated heterocycles. The van der Waals surface area contributed by atoms with Crippen molar-refractivity contribution in [3.63, 3.8) is 0 Å². The summed E-state index contributed by atoms with van der Waals surface area (Å²) in [5, 5.41) is 21.9. The fourth-order valence-electron chi connectivity index (χ4n) is 4.08. The molecule has 0 spiro atoms. The lowest BCUT2D eigenvalue weighted by atomic mass is 9.79. The topological polar surface area (TPSA) is 96.0 Å². The minimum Gasteiger partial charge on any atom is -0.465 e. The van der Waals surface area contributed by atoms with Gasteiger partial charge in [-0.25, -0.2) is 4.79 Å². The Morgan fingerprint density at radius 1 is 1.33 bits per heavy atom. The number of carbonyl (C=O) groups is 1. The number of halogens is 1. The van der Waals surface area contributed by atoms with Crippen molar-refractivity contribution in [1.82, 2.24) is 4.90 Å². The molecule has 1 fully saturated rings. The predicted molar refractivity (Wildman–Crippen MR) is 118 cm³/mol. The van der Waals surface area contributed by atoms with Crippen LogP contribution in [0.1, 0.15) is 30.9 Å². The summed E-state index contributed by atoms with van der Waals surface area (Å²) in [5.74, 6) is 0. The number of aryl methyl sites for hydroxylation is 1. The number of benzene rings is 2. The first kappa shape index (κ1) is 22.6. The molecule has 2 aromatic carbocycles. The summed E-state index contributed by atoms with van der Waals surface area (Å²) in [7, 11) is 0. The van der Waals surface area contributed by atoms with E-state index in [-0.39, 0.29) is 19.7 Å². The highest BCUT2D eigenvalue weighted by atomic mass is 35.5. The van der Waals surface area contributed by atoms with Crippen LogP contribution in [-0.4, -0.2) is 53.6 Å². The standard InChI is InChI=1S/C23H29ClN2O4/c1-2-16-6-3-7-17(14-16)21-18(8-4-9-19(21)24)23(29,10-5-11-25)20-15-26(22(27)28)12-13-30-20/h3-4,6-9,14,20,29H,2,5,10-13,15,25H2,1H3,(H,27,28)/t20?,23-/m0/s1. The van der Waals surface area contributed by atoms with Crippen LogP contribution >= 0.6 is 11.6 Å². The number of rotatable bonds is 7. The molecule has 7 heteroatoms. The molecule has 0 aliphatic carbocycles. The molecule has 30 heavy (non-hydrogen) atoms. The number of hydrogen-bond acceptors (Lipinski definition) is 4. The Bertz CT molecular complexity index is 891. The highest BCUT2D eigenvalue weighted by Gasteiger charge is 2.44. The molecule has 0 bridgehead atoms. The molecule has 1 heterocycles. The third kappa shape index (κ3) is 4.62. The monoisotopic (exact) mass is 432 g/mol. The maximum atomic E-state index is 12.0. The average Bonchev–Trinajstić information content (AvgIpc) is 2.77. The second-order valence-corrected chi connectivity index (χ2v) is 8.03. The van der Waals surface area contributed by atoms with Gasteiger partial charge in [-0.05, 0) is 48.6 Å². The normalized spacial score (nSPS) is 18.8. The van der Waals surface area contributed by atoms with Crippen molar-refractivity contribution in [3.05, 3.63) is 58.6 Å². The van der Waals surface area contributed by atoms with Gasteiger partial charge in [0, 0.05) is 17.1 Å². The van der Waals surface area contributed by atoms with Crippen molar-refractivity contribution in [3.8, 4) is 11.1 Å². The van der Waals surface area contributed by atoms with E-state index in [0.29, 0.717) is 30.0 Å². The minimum absolute atomic E-state index is 0.0807. The van der Waals surface area contributed by atoms with Gasteiger partial charge in [0.15, 0.2) is 0 Å². The second kappa shape index (κ2) is 9.79. The fraction of sp³-hybridized carbons (Fsp3) is 0.435. The predicted octanol–water partition coefficient (Wildman–Crippen LogP) is 3.87. The maximum absolute atomic E-state index is 12.0. The minimum atomic E-state index is -1.43. The van der Waals surface area contributed by atoms with Gasteiger partial charge in [-0.1, -0.05) is 54.9 Å². The Balaban J connectivity index is 2.12. The first-order chi connectivity index (χ1) is 14.4. The highest BCUT2D eigenvalue weighted by molar-refractivity contribution is 6.33. The Hall–Kier alpha value is -2.12. The number of ether oxygens (including phenoxy) is 1. The summed E-state index contributed by atoms with van der Waals surface area (Å²) in [6.45, 7) is 3.07. The maximum Gasteiger partial charge on any atom is 0.407 e. The third-order valence-electron chi connectivity index (χ3n) is 5.74. The highest BCUT2D eigenvalue weighted by Crippen LogP contribution is 2.42. The molecule has 4 N–H and O–H groups in total. The fourth-order valence-corrected chi connectivity index (χ4v) is 4.36. The Kier molecular flexibility index (Phi) is 7.36. The Labute approximate surface area is 182 Å². The van der Waals surface area contributed by atoms with Crippen LogP contribution in [0.3, 0.4) is 0 Å².